The molecule has 0 amide bonds. The smallest absolute Gasteiger partial charge is 0.120 e. The molecule has 2 aromatic carbocycles. The molecule has 0 aliphatic heterocycles. The Hall–Kier alpha value is -1.06. The Bertz CT molecular complexity index is 556. The van der Waals surface area contributed by atoms with Gasteiger partial charge in [-0.05, 0) is 54.9 Å². The van der Waals surface area contributed by atoms with Crippen LogP contribution in [-0.2, 0) is 0 Å². The van der Waals surface area contributed by atoms with Crippen LogP contribution in [0.2, 0.25) is 0 Å². The fourth-order valence-electron chi connectivity index (χ4n) is 2.15. The third-order valence-corrected chi connectivity index (χ3v) is 3.74. The molecular weight excluding hydrogens is 314 g/mol. The van der Waals surface area contributed by atoms with Gasteiger partial charge in [-0.15, -0.1) is 0 Å². The highest BCUT2D eigenvalue weighted by atomic mass is 79.9. The van der Waals surface area contributed by atoms with Crippen LogP contribution in [0.3, 0.4) is 0 Å². The zero-order valence-corrected chi connectivity index (χ0v) is 13.7. The minimum absolute atomic E-state index is 0.180. The molecule has 0 spiro atoms. The van der Waals surface area contributed by atoms with Crippen molar-refractivity contribution in [1.29, 1.82) is 0 Å². The Morgan fingerprint density at radius 1 is 1.15 bits per heavy atom. The highest BCUT2D eigenvalue weighted by molar-refractivity contribution is 9.10. The number of ether oxygens (including phenoxy) is 1. The van der Waals surface area contributed by atoms with E-state index in [0.29, 0.717) is 0 Å². The van der Waals surface area contributed by atoms with Crippen molar-refractivity contribution < 1.29 is 4.74 Å². The highest BCUT2D eigenvalue weighted by Crippen LogP contribution is 2.24. The Labute approximate surface area is 129 Å². The predicted octanol–water partition coefficient (Wildman–Crippen LogP) is 4.76. The van der Waals surface area contributed by atoms with E-state index >= 15 is 0 Å². The van der Waals surface area contributed by atoms with E-state index in [1.165, 1.54) is 23.6 Å². The molecule has 1 N–H and O–H groups in total. The van der Waals surface area contributed by atoms with Gasteiger partial charge < -0.3 is 10.1 Å². The summed E-state index contributed by atoms with van der Waals surface area (Å²) in [6, 6.07) is 12.5. The van der Waals surface area contributed by atoms with Crippen LogP contribution >= 0.6 is 15.9 Å². The normalized spacial score (nSPS) is 12.6. The van der Waals surface area contributed by atoms with Crippen LogP contribution in [0, 0.1) is 0 Å². The molecule has 2 nitrogen and oxygen atoms in total. The average Bonchev–Trinajstić information content (AvgIpc) is 2.44. The van der Waals surface area contributed by atoms with Crippen LogP contribution in [-0.4, -0.2) is 19.2 Å². The van der Waals surface area contributed by atoms with Crippen LogP contribution in [0.5, 0.6) is 5.75 Å². The van der Waals surface area contributed by atoms with E-state index in [1.54, 1.807) is 0 Å². The summed E-state index contributed by atoms with van der Waals surface area (Å²) in [5.74, 6) is 0.935. The second-order valence-corrected chi connectivity index (χ2v) is 6.06. The summed E-state index contributed by atoms with van der Waals surface area (Å²) < 4.78 is 7.06. The summed E-state index contributed by atoms with van der Waals surface area (Å²) >= 11 is 3.49. The second kappa shape index (κ2) is 7.65. The number of unbranched alkanes of at least 4 members (excludes halogenated alkanes) is 1. The Morgan fingerprint density at radius 3 is 2.70 bits per heavy atom. The summed E-state index contributed by atoms with van der Waals surface area (Å²) in [4.78, 5) is 0. The second-order valence-electron chi connectivity index (χ2n) is 5.14. The minimum atomic E-state index is 0.180. The van der Waals surface area contributed by atoms with Gasteiger partial charge in [-0.1, -0.05) is 41.4 Å². The van der Waals surface area contributed by atoms with Crippen molar-refractivity contribution in [2.45, 2.75) is 32.8 Å². The monoisotopic (exact) mass is 335 g/mol. The first kappa shape index (κ1) is 15.3. The van der Waals surface area contributed by atoms with Crippen molar-refractivity contribution in [2.75, 3.05) is 13.1 Å². The predicted molar refractivity (Wildman–Crippen MR) is 89.5 cm³/mol. The van der Waals surface area contributed by atoms with Gasteiger partial charge in [0.2, 0.25) is 0 Å². The quantitative estimate of drug-likeness (QED) is 0.736. The van der Waals surface area contributed by atoms with E-state index in [4.69, 9.17) is 4.74 Å². The van der Waals surface area contributed by atoms with Gasteiger partial charge in [0, 0.05) is 11.0 Å². The topological polar surface area (TPSA) is 21.3 Å². The zero-order chi connectivity index (χ0) is 14.4. The van der Waals surface area contributed by atoms with Crippen LogP contribution < -0.4 is 10.1 Å². The number of nitrogens with one attached hydrogen (secondary N) is 1. The molecule has 0 radical (unpaired) electrons. The van der Waals surface area contributed by atoms with Crippen molar-refractivity contribution in [3.8, 4) is 5.75 Å². The Balaban J connectivity index is 1.94. The van der Waals surface area contributed by atoms with Gasteiger partial charge in [0.25, 0.3) is 0 Å². The van der Waals surface area contributed by atoms with Crippen LogP contribution in [0.4, 0.5) is 0 Å². The Morgan fingerprint density at radius 2 is 1.90 bits per heavy atom. The number of fused-ring (bicyclic) bond motifs is 1. The molecule has 0 saturated heterocycles. The number of benzene rings is 2. The molecule has 2 aromatic rings. The van der Waals surface area contributed by atoms with E-state index < -0.39 is 0 Å². The highest BCUT2D eigenvalue weighted by Gasteiger charge is 2.04. The molecule has 0 heterocycles. The van der Waals surface area contributed by atoms with Gasteiger partial charge in [-0.2, -0.15) is 0 Å². The molecule has 2 rings (SSSR count). The van der Waals surface area contributed by atoms with Crippen LogP contribution in [0.15, 0.2) is 40.9 Å². The number of halogens is 1. The van der Waals surface area contributed by atoms with Crippen molar-refractivity contribution >= 4 is 26.7 Å². The molecule has 0 aromatic heterocycles. The summed E-state index contributed by atoms with van der Waals surface area (Å²) in [6.07, 6.45) is 2.62. The van der Waals surface area contributed by atoms with Crippen molar-refractivity contribution in [3.63, 3.8) is 0 Å². The Kier molecular flexibility index (Phi) is 5.86. The fourth-order valence-corrected chi connectivity index (χ4v) is 2.53. The average molecular weight is 336 g/mol. The fraction of sp³-hybridized carbons (Fsp3) is 0.412. The maximum Gasteiger partial charge on any atom is 0.120 e. The molecule has 1 unspecified atom stereocenters. The summed E-state index contributed by atoms with van der Waals surface area (Å²) in [5, 5.41) is 5.85. The molecular formula is C17H22BrNO. The number of hydrogen-bond acceptors (Lipinski definition) is 2. The summed E-state index contributed by atoms with van der Waals surface area (Å²) in [6.45, 7) is 6.26. The molecule has 20 heavy (non-hydrogen) atoms. The van der Waals surface area contributed by atoms with Gasteiger partial charge in [0.05, 0.1) is 0 Å². The standard InChI is InChI=1S/C17H22BrNO/c1-3-4-9-19-12-13(2)20-17-8-6-14-10-16(18)7-5-15(14)11-17/h5-8,10-11,13,19H,3-4,9,12H2,1-2H3. The van der Waals surface area contributed by atoms with Crippen molar-refractivity contribution in [3.05, 3.63) is 40.9 Å². The maximum atomic E-state index is 5.96. The van der Waals surface area contributed by atoms with E-state index in [2.05, 4.69) is 65.4 Å². The lowest BCUT2D eigenvalue weighted by Gasteiger charge is -2.16. The molecule has 3 heteroatoms. The third kappa shape index (κ3) is 4.50. The number of hydrogen-bond donors (Lipinski definition) is 1. The SMILES string of the molecule is CCCCNCC(C)Oc1ccc2cc(Br)ccc2c1. The molecule has 0 bridgehead atoms. The van der Waals surface area contributed by atoms with Crippen LogP contribution in [0.1, 0.15) is 26.7 Å². The van der Waals surface area contributed by atoms with Gasteiger partial charge in [-0.3, -0.25) is 0 Å². The first-order valence-corrected chi connectivity index (χ1v) is 8.05. The largest absolute Gasteiger partial charge is 0.489 e. The molecule has 0 saturated carbocycles. The van der Waals surface area contributed by atoms with Gasteiger partial charge in [0.1, 0.15) is 11.9 Å². The molecule has 0 aliphatic carbocycles. The van der Waals surface area contributed by atoms with Crippen molar-refractivity contribution in [2.24, 2.45) is 0 Å². The molecule has 108 valence electrons. The van der Waals surface area contributed by atoms with Gasteiger partial charge >= 0.3 is 0 Å². The van der Waals surface area contributed by atoms with E-state index in [9.17, 15) is 0 Å². The lowest BCUT2D eigenvalue weighted by Crippen LogP contribution is -2.29. The first-order chi connectivity index (χ1) is 9.69. The maximum absolute atomic E-state index is 5.96. The van der Waals surface area contributed by atoms with Gasteiger partial charge in [0.15, 0.2) is 0 Å². The molecule has 0 aliphatic rings. The summed E-state index contributed by atoms with van der Waals surface area (Å²) in [5.41, 5.74) is 0. The van der Waals surface area contributed by atoms with Crippen molar-refractivity contribution in [1.82, 2.24) is 5.32 Å². The third-order valence-electron chi connectivity index (χ3n) is 3.25. The van der Waals surface area contributed by atoms with Gasteiger partial charge in [-0.25, -0.2) is 0 Å². The van der Waals surface area contributed by atoms with E-state index in [1.807, 2.05) is 6.07 Å². The molecule has 1 atom stereocenters. The number of rotatable bonds is 7. The zero-order valence-electron chi connectivity index (χ0n) is 12.2. The lowest BCUT2D eigenvalue weighted by molar-refractivity contribution is 0.217. The minimum Gasteiger partial charge on any atom is -0.489 e. The van der Waals surface area contributed by atoms with E-state index in [0.717, 1.165) is 23.3 Å². The molecule has 0 fully saturated rings. The lowest BCUT2D eigenvalue weighted by atomic mass is 10.1. The van der Waals surface area contributed by atoms with E-state index in [-0.39, 0.29) is 6.10 Å². The van der Waals surface area contributed by atoms with Crippen LogP contribution in [0.25, 0.3) is 10.8 Å². The summed E-state index contributed by atoms with van der Waals surface area (Å²) in [7, 11) is 0. The first-order valence-electron chi connectivity index (χ1n) is 7.25.